The summed E-state index contributed by atoms with van der Waals surface area (Å²) < 4.78 is 0. The van der Waals surface area contributed by atoms with E-state index in [2.05, 4.69) is 330 Å². The van der Waals surface area contributed by atoms with Gasteiger partial charge in [-0.1, -0.05) is 260 Å². The van der Waals surface area contributed by atoms with Crippen LogP contribution in [0, 0.1) is 0 Å². The summed E-state index contributed by atoms with van der Waals surface area (Å²) in [5.41, 5.74) is 26.6. The van der Waals surface area contributed by atoms with Crippen LogP contribution < -0.4 is 9.80 Å². The zero-order chi connectivity index (χ0) is 61.3. The van der Waals surface area contributed by atoms with Gasteiger partial charge in [0, 0.05) is 55.2 Å². The predicted octanol–water partition coefficient (Wildman–Crippen LogP) is 24.3. The van der Waals surface area contributed by atoms with E-state index < -0.39 is 10.8 Å². The Morgan fingerprint density at radius 2 is 0.478 bits per heavy atom. The Kier molecular flexibility index (Phi) is 10.2. The molecule has 0 radical (unpaired) electrons. The van der Waals surface area contributed by atoms with Crippen LogP contribution >= 0.6 is 0 Å². The summed E-state index contributed by atoms with van der Waals surface area (Å²) in [6.45, 7) is 14.8. The molecular formula is C90H64N2. The van der Waals surface area contributed by atoms with E-state index in [-0.39, 0.29) is 10.8 Å². The Labute approximate surface area is 536 Å². The number of nitrogens with zero attached hydrogens (tertiary/aromatic N) is 2. The van der Waals surface area contributed by atoms with Gasteiger partial charge in [-0.2, -0.15) is 0 Å². The highest BCUT2D eigenvalue weighted by Crippen LogP contribution is 2.66. The summed E-state index contributed by atoms with van der Waals surface area (Å²) in [6, 6.07) is 108. The van der Waals surface area contributed by atoms with Crippen LogP contribution in [0.2, 0.25) is 0 Å². The maximum atomic E-state index is 2.59. The van der Waals surface area contributed by atoms with Gasteiger partial charge in [0.1, 0.15) is 0 Å². The Morgan fingerprint density at radius 3 is 0.848 bits per heavy atom. The second kappa shape index (κ2) is 18.0. The molecule has 434 valence electrons. The fourth-order valence-electron chi connectivity index (χ4n) is 18.7. The lowest BCUT2D eigenvalue weighted by Crippen LogP contribution is -2.44. The van der Waals surface area contributed by atoms with Gasteiger partial charge in [-0.3, -0.25) is 0 Å². The summed E-state index contributed by atoms with van der Waals surface area (Å²) in [5.74, 6) is 0. The third-order valence-electron chi connectivity index (χ3n) is 23.3. The summed E-state index contributed by atoms with van der Waals surface area (Å²) in [5, 5.41) is 15.3. The molecule has 2 nitrogen and oxygen atoms in total. The molecule has 0 aromatic heterocycles. The average molecular weight is 1170 g/mol. The van der Waals surface area contributed by atoms with Gasteiger partial charge in [0.05, 0.1) is 11.4 Å². The van der Waals surface area contributed by atoms with E-state index in [1.165, 1.54) is 165 Å². The molecule has 0 saturated heterocycles. The molecule has 92 heavy (non-hydrogen) atoms. The third kappa shape index (κ3) is 6.54. The van der Waals surface area contributed by atoms with Crippen molar-refractivity contribution in [2.45, 2.75) is 63.2 Å². The topological polar surface area (TPSA) is 6.48 Å². The van der Waals surface area contributed by atoms with Gasteiger partial charge in [-0.25, -0.2) is 0 Å². The van der Waals surface area contributed by atoms with E-state index in [0.29, 0.717) is 0 Å². The zero-order valence-corrected chi connectivity index (χ0v) is 52.5. The highest BCUT2D eigenvalue weighted by atomic mass is 15.2. The minimum atomic E-state index is -0.577. The van der Waals surface area contributed by atoms with Gasteiger partial charge < -0.3 is 9.80 Å². The van der Waals surface area contributed by atoms with E-state index >= 15 is 0 Å². The highest BCUT2D eigenvalue weighted by molar-refractivity contribution is 6.27. The van der Waals surface area contributed by atoms with E-state index in [4.69, 9.17) is 0 Å². The van der Waals surface area contributed by atoms with E-state index in [0.717, 1.165) is 22.7 Å². The molecule has 4 aliphatic carbocycles. The molecule has 0 bridgehead atoms. The van der Waals surface area contributed by atoms with Crippen LogP contribution in [0.25, 0.3) is 109 Å². The molecule has 16 aromatic carbocycles. The molecule has 16 aromatic rings. The standard InChI is InChI=1S/C90H64N2/c1-87(2)73-25-11-7-21-63(73)67-43-37-59(49-77(67)87)91(81-47-35-57-31-29-53-17-15-19-55-33-41-71(81)85(57)83(53)55)61-39-45-69-65-23-9-13-27-75(65)89(5,79(69)51-61)90(6)76-28-14-10-24-66(76)70-46-40-62(52-80(70)90)92(60-38-44-68-64-22-8-12-26-74(64)88(3,4)78(68)50-60)82-48-36-58-32-30-54-18-16-20-56-34-42-72(82)86(58)84(54)56/h7-52H,1-6H3. The summed E-state index contributed by atoms with van der Waals surface area (Å²) in [7, 11) is 0. The number of anilines is 6. The van der Waals surface area contributed by atoms with Crippen molar-refractivity contribution in [3.63, 3.8) is 0 Å². The Hall–Kier alpha value is -10.8. The van der Waals surface area contributed by atoms with Crippen molar-refractivity contribution in [2.24, 2.45) is 0 Å². The van der Waals surface area contributed by atoms with Gasteiger partial charge >= 0.3 is 0 Å². The lowest BCUT2D eigenvalue weighted by molar-refractivity contribution is 0.376. The van der Waals surface area contributed by atoms with Gasteiger partial charge in [0.15, 0.2) is 0 Å². The zero-order valence-electron chi connectivity index (χ0n) is 52.5. The number of hydrogen-bond donors (Lipinski definition) is 0. The van der Waals surface area contributed by atoms with E-state index in [1.807, 2.05) is 0 Å². The largest absolute Gasteiger partial charge is 0.310 e. The average Bonchev–Trinajstić information content (AvgIpc) is 1.49. The quantitative estimate of drug-likeness (QED) is 0.147. The highest BCUT2D eigenvalue weighted by Gasteiger charge is 2.58. The van der Waals surface area contributed by atoms with Crippen molar-refractivity contribution in [3.05, 3.63) is 324 Å². The monoisotopic (exact) mass is 1170 g/mol. The normalized spacial score (nSPS) is 17.5. The molecule has 0 aliphatic heterocycles. The summed E-state index contributed by atoms with van der Waals surface area (Å²) >= 11 is 0. The smallest absolute Gasteiger partial charge is 0.0540 e. The molecule has 0 N–H and O–H groups in total. The van der Waals surface area contributed by atoms with Crippen molar-refractivity contribution in [1.82, 2.24) is 0 Å². The molecule has 0 heterocycles. The van der Waals surface area contributed by atoms with Gasteiger partial charge in [-0.05, 0) is 204 Å². The first kappa shape index (κ1) is 52.0. The number of benzene rings is 16. The van der Waals surface area contributed by atoms with Crippen LogP contribution in [0.15, 0.2) is 279 Å². The molecular weight excluding hydrogens is 1110 g/mol. The van der Waals surface area contributed by atoms with Gasteiger partial charge in [0.25, 0.3) is 0 Å². The second-order valence-corrected chi connectivity index (χ2v) is 28.2. The minimum absolute atomic E-state index is 0.191. The lowest BCUT2D eigenvalue weighted by atomic mass is 9.56. The minimum Gasteiger partial charge on any atom is -0.310 e. The molecule has 4 aliphatic rings. The van der Waals surface area contributed by atoms with Crippen LogP contribution in [0.5, 0.6) is 0 Å². The Bertz CT molecular complexity index is 5500. The Balaban J connectivity index is 0.824. The fourth-order valence-corrected chi connectivity index (χ4v) is 18.7. The molecule has 0 spiro atoms. The third-order valence-corrected chi connectivity index (χ3v) is 23.3. The van der Waals surface area contributed by atoms with Gasteiger partial charge in [-0.15, -0.1) is 0 Å². The first-order valence-corrected chi connectivity index (χ1v) is 32.8. The van der Waals surface area contributed by atoms with Crippen LogP contribution in [-0.4, -0.2) is 0 Å². The van der Waals surface area contributed by atoms with E-state index in [9.17, 15) is 0 Å². The molecule has 2 heteroatoms. The van der Waals surface area contributed by atoms with Crippen molar-refractivity contribution in [1.29, 1.82) is 0 Å². The SMILES string of the molecule is CC1(C)c2ccccc2-c2ccc(N(c3ccc4c(c3)C(C)(C3(C)c5ccccc5-c5ccc(N(c6ccc7c(c6)C(C)(C)c6ccccc6-7)c6ccc7ccc8cccc9ccc6c7c89)cc53)c3ccccc3-4)c3ccc4ccc5cccc6ccc3c4c56)cc21. The molecule has 2 atom stereocenters. The van der Waals surface area contributed by atoms with Crippen molar-refractivity contribution < 1.29 is 0 Å². The fraction of sp³-hybridized carbons (Fsp3) is 0.111. The molecule has 0 fully saturated rings. The number of fused-ring (bicyclic) bond motifs is 12. The maximum Gasteiger partial charge on any atom is 0.0540 e. The maximum absolute atomic E-state index is 2.59. The first-order chi connectivity index (χ1) is 44.9. The van der Waals surface area contributed by atoms with Gasteiger partial charge in [0.2, 0.25) is 0 Å². The van der Waals surface area contributed by atoms with E-state index in [1.54, 1.807) is 0 Å². The second-order valence-electron chi connectivity index (χ2n) is 28.2. The lowest BCUT2D eigenvalue weighted by Gasteiger charge is -2.45. The van der Waals surface area contributed by atoms with Crippen molar-refractivity contribution >= 4 is 98.8 Å². The van der Waals surface area contributed by atoms with Crippen LogP contribution in [0.3, 0.4) is 0 Å². The van der Waals surface area contributed by atoms with Crippen molar-refractivity contribution in [3.8, 4) is 44.5 Å². The Morgan fingerprint density at radius 1 is 0.207 bits per heavy atom. The van der Waals surface area contributed by atoms with Crippen LogP contribution in [-0.2, 0) is 21.7 Å². The first-order valence-electron chi connectivity index (χ1n) is 32.8. The molecule has 2 unspecified atom stereocenters. The number of hydrogen-bond acceptors (Lipinski definition) is 2. The van der Waals surface area contributed by atoms with Crippen LogP contribution in [0.1, 0.15) is 86.1 Å². The molecule has 20 rings (SSSR count). The van der Waals surface area contributed by atoms with Crippen molar-refractivity contribution in [2.75, 3.05) is 9.80 Å². The molecule has 0 saturated carbocycles. The number of rotatable bonds is 7. The van der Waals surface area contributed by atoms with Crippen LogP contribution in [0.4, 0.5) is 34.1 Å². The predicted molar refractivity (Wildman–Crippen MR) is 389 cm³/mol. The molecule has 0 amide bonds. The summed E-state index contributed by atoms with van der Waals surface area (Å²) in [4.78, 5) is 5.19. The summed E-state index contributed by atoms with van der Waals surface area (Å²) in [6.07, 6.45) is 0.